The molecule has 0 saturated heterocycles. The zero-order valence-electron chi connectivity index (χ0n) is 7.76. The summed E-state index contributed by atoms with van der Waals surface area (Å²) in [5.74, 6) is 3.35. The van der Waals surface area contributed by atoms with E-state index in [-0.39, 0.29) is 0 Å². The van der Waals surface area contributed by atoms with Crippen LogP contribution >= 0.6 is 9.24 Å². The second kappa shape index (κ2) is 2.47. The summed E-state index contributed by atoms with van der Waals surface area (Å²) in [4.78, 5) is 0. The van der Waals surface area contributed by atoms with E-state index in [2.05, 4.69) is 9.24 Å². The van der Waals surface area contributed by atoms with Gasteiger partial charge in [-0.3, -0.25) is 0 Å². The highest BCUT2D eigenvalue weighted by molar-refractivity contribution is 7.19. The van der Waals surface area contributed by atoms with Crippen LogP contribution in [0.1, 0.15) is 44.9 Å². The monoisotopic (exact) mass is 182 g/mol. The third-order valence-corrected chi connectivity index (χ3v) is 5.23. The van der Waals surface area contributed by atoms with Gasteiger partial charge in [0.15, 0.2) is 0 Å². The first-order valence-electron chi connectivity index (χ1n) is 5.54. The van der Waals surface area contributed by atoms with Crippen molar-refractivity contribution >= 4 is 9.24 Å². The van der Waals surface area contributed by atoms with Gasteiger partial charge in [0, 0.05) is 0 Å². The summed E-state index contributed by atoms with van der Waals surface area (Å²) in [5, 5.41) is 0.707. The highest BCUT2D eigenvalue weighted by Gasteiger charge is 2.48. The Morgan fingerprint density at radius 3 is 2.75 bits per heavy atom. The van der Waals surface area contributed by atoms with Gasteiger partial charge in [0.25, 0.3) is 0 Å². The maximum Gasteiger partial charge on any atom is -0.0142 e. The molecular formula is C11H19P. The summed E-state index contributed by atoms with van der Waals surface area (Å²) in [6.07, 6.45) is 10.8. The van der Waals surface area contributed by atoms with E-state index >= 15 is 0 Å². The molecule has 5 atom stereocenters. The molecule has 3 aliphatic carbocycles. The van der Waals surface area contributed by atoms with Crippen LogP contribution in [-0.2, 0) is 0 Å². The van der Waals surface area contributed by atoms with Gasteiger partial charge in [0.05, 0.1) is 0 Å². The number of rotatable bonds is 0. The lowest BCUT2D eigenvalue weighted by Gasteiger charge is -2.34. The fourth-order valence-corrected chi connectivity index (χ4v) is 5.16. The van der Waals surface area contributed by atoms with E-state index in [1.165, 1.54) is 12.8 Å². The van der Waals surface area contributed by atoms with Crippen molar-refractivity contribution in [1.29, 1.82) is 0 Å². The molecule has 1 heteroatoms. The van der Waals surface area contributed by atoms with E-state index in [0.29, 0.717) is 5.16 Å². The summed E-state index contributed by atoms with van der Waals surface area (Å²) in [6, 6.07) is 0. The van der Waals surface area contributed by atoms with E-state index in [9.17, 15) is 0 Å². The van der Waals surface area contributed by atoms with Crippen molar-refractivity contribution in [2.45, 2.75) is 50.1 Å². The van der Waals surface area contributed by atoms with Gasteiger partial charge >= 0.3 is 0 Å². The van der Waals surface area contributed by atoms with Crippen LogP contribution in [0.15, 0.2) is 0 Å². The van der Waals surface area contributed by atoms with Gasteiger partial charge < -0.3 is 0 Å². The third-order valence-electron chi connectivity index (χ3n) is 4.52. The summed E-state index contributed by atoms with van der Waals surface area (Å²) < 4.78 is 0. The van der Waals surface area contributed by atoms with Gasteiger partial charge in [-0.05, 0) is 48.6 Å². The lowest BCUT2D eigenvalue weighted by molar-refractivity contribution is 0.272. The second-order valence-corrected chi connectivity index (χ2v) is 6.75. The predicted octanol–water partition coefficient (Wildman–Crippen LogP) is 3.22. The molecule has 3 rings (SSSR count). The van der Waals surface area contributed by atoms with Crippen molar-refractivity contribution in [3.05, 3.63) is 0 Å². The number of hydrogen-bond donors (Lipinski definition) is 0. The standard InChI is InChI=1S/C11H19P/c12-11-5-8-2-1-3-9(6-11)10(4-8)7-11/h8-10H,1-7,12H2. The molecular weight excluding hydrogens is 163 g/mol. The first-order valence-corrected chi connectivity index (χ1v) is 6.12. The molecule has 3 saturated carbocycles. The van der Waals surface area contributed by atoms with Gasteiger partial charge in [0.2, 0.25) is 0 Å². The predicted molar refractivity (Wildman–Crippen MR) is 55.2 cm³/mol. The van der Waals surface area contributed by atoms with E-state index < -0.39 is 0 Å². The lowest BCUT2D eigenvalue weighted by Crippen LogP contribution is -2.26. The average molecular weight is 182 g/mol. The van der Waals surface area contributed by atoms with Crippen LogP contribution in [0, 0.1) is 17.8 Å². The minimum atomic E-state index is 0.707. The van der Waals surface area contributed by atoms with Crippen molar-refractivity contribution in [2.75, 3.05) is 0 Å². The third kappa shape index (κ3) is 1.07. The fraction of sp³-hybridized carbons (Fsp3) is 1.00. The summed E-state index contributed by atoms with van der Waals surface area (Å²) >= 11 is 0. The molecule has 0 N–H and O–H groups in total. The quantitative estimate of drug-likeness (QED) is 0.504. The minimum absolute atomic E-state index is 0.707. The first kappa shape index (κ1) is 7.80. The van der Waals surface area contributed by atoms with Crippen LogP contribution < -0.4 is 0 Å². The average Bonchev–Trinajstić information content (AvgIpc) is 2.10. The second-order valence-electron chi connectivity index (χ2n) is 5.53. The molecule has 0 radical (unpaired) electrons. The van der Waals surface area contributed by atoms with Gasteiger partial charge in [-0.1, -0.05) is 19.3 Å². The van der Waals surface area contributed by atoms with Crippen LogP contribution in [0.2, 0.25) is 0 Å². The van der Waals surface area contributed by atoms with Gasteiger partial charge in [-0.25, -0.2) is 0 Å². The summed E-state index contributed by atoms with van der Waals surface area (Å²) in [6.45, 7) is 0. The Morgan fingerprint density at radius 1 is 1.00 bits per heavy atom. The number of hydrogen-bond acceptors (Lipinski definition) is 0. The zero-order chi connectivity index (χ0) is 8.18. The topological polar surface area (TPSA) is 0 Å². The largest absolute Gasteiger partial charge is 0.131 e. The Hall–Kier alpha value is 0.430. The molecule has 0 aromatic heterocycles. The van der Waals surface area contributed by atoms with E-state index in [1.54, 1.807) is 32.1 Å². The highest BCUT2D eigenvalue weighted by Crippen LogP contribution is 2.59. The Labute approximate surface area is 77.7 Å². The molecule has 0 amide bonds. The molecule has 0 aliphatic heterocycles. The van der Waals surface area contributed by atoms with Crippen molar-refractivity contribution in [2.24, 2.45) is 17.8 Å². The molecule has 3 fully saturated rings. The van der Waals surface area contributed by atoms with Crippen LogP contribution in [0.3, 0.4) is 0 Å². The molecule has 0 heterocycles. The van der Waals surface area contributed by atoms with E-state index in [4.69, 9.17) is 0 Å². The SMILES string of the molecule is PC12CC3CCCC(C1)C(C3)C2. The first-order chi connectivity index (χ1) is 5.75. The smallest absolute Gasteiger partial charge is 0.0142 e. The molecule has 0 nitrogen and oxygen atoms in total. The van der Waals surface area contributed by atoms with Crippen molar-refractivity contribution < 1.29 is 0 Å². The van der Waals surface area contributed by atoms with Gasteiger partial charge in [-0.15, -0.1) is 9.24 Å². The number of fused-ring (bicyclic) bond motifs is 2. The maximum absolute atomic E-state index is 3.19. The molecule has 68 valence electrons. The van der Waals surface area contributed by atoms with Crippen molar-refractivity contribution in [3.8, 4) is 0 Å². The molecule has 0 spiro atoms. The minimum Gasteiger partial charge on any atom is -0.131 e. The molecule has 0 aromatic carbocycles. The maximum atomic E-state index is 3.19. The van der Waals surface area contributed by atoms with Crippen LogP contribution in [0.25, 0.3) is 0 Å². The zero-order valence-corrected chi connectivity index (χ0v) is 8.91. The van der Waals surface area contributed by atoms with Gasteiger partial charge in [0.1, 0.15) is 0 Å². The Bertz CT molecular complexity index is 197. The van der Waals surface area contributed by atoms with Crippen molar-refractivity contribution in [1.82, 2.24) is 0 Å². The van der Waals surface area contributed by atoms with E-state index in [1.807, 2.05) is 0 Å². The summed E-state index contributed by atoms with van der Waals surface area (Å²) in [7, 11) is 3.19. The molecule has 12 heavy (non-hydrogen) atoms. The molecule has 0 aromatic rings. The Morgan fingerprint density at radius 2 is 1.83 bits per heavy atom. The summed E-state index contributed by atoms with van der Waals surface area (Å²) in [5.41, 5.74) is 0. The Kier molecular flexibility index (Phi) is 1.61. The van der Waals surface area contributed by atoms with E-state index in [0.717, 1.165) is 17.8 Å². The Balaban J connectivity index is 1.94. The van der Waals surface area contributed by atoms with Gasteiger partial charge in [-0.2, -0.15) is 0 Å². The fourth-order valence-electron chi connectivity index (χ4n) is 4.22. The molecule has 5 unspecified atom stereocenters. The van der Waals surface area contributed by atoms with Crippen LogP contribution in [0.5, 0.6) is 0 Å². The molecule has 3 bridgehead atoms. The normalized spacial score (nSPS) is 57.2. The van der Waals surface area contributed by atoms with Crippen molar-refractivity contribution in [3.63, 3.8) is 0 Å². The molecule has 3 aliphatic rings. The van der Waals surface area contributed by atoms with Crippen LogP contribution in [0.4, 0.5) is 0 Å². The lowest BCUT2D eigenvalue weighted by atomic mass is 9.79. The highest BCUT2D eigenvalue weighted by atomic mass is 31.0. The van der Waals surface area contributed by atoms with Crippen LogP contribution in [-0.4, -0.2) is 5.16 Å².